The number of nitrogens with one attached hydrogen (secondary N) is 1. The molecule has 0 saturated carbocycles. The predicted octanol–water partition coefficient (Wildman–Crippen LogP) is 0.362. The van der Waals surface area contributed by atoms with Gasteiger partial charge in [-0.2, -0.15) is 5.10 Å². The van der Waals surface area contributed by atoms with E-state index in [1.807, 2.05) is 0 Å². The molecule has 0 aromatic heterocycles. The predicted molar refractivity (Wildman–Crippen MR) is 60.0 cm³/mol. The number of hydrogen-bond acceptors (Lipinski definition) is 5. The van der Waals surface area contributed by atoms with Crippen molar-refractivity contribution in [2.45, 2.75) is 6.92 Å². The Kier molecular flexibility index (Phi) is 3.25. The SMILES string of the molecule is CC(=N)N(N)c1cccc(O)c1C=NN. The first-order valence-electron chi connectivity index (χ1n) is 4.23. The number of nitrogens with two attached hydrogens (primary N) is 2. The average Bonchev–Trinajstić information content (AvgIpc) is 2.20. The molecule has 0 atom stereocenters. The van der Waals surface area contributed by atoms with Crippen LogP contribution in [0.5, 0.6) is 5.75 Å². The van der Waals surface area contributed by atoms with Crippen LogP contribution in [0.3, 0.4) is 0 Å². The molecule has 1 rings (SSSR count). The third-order valence-corrected chi connectivity index (χ3v) is 1.88. The number of hydrogen-bond donors (Lipinski definition) is 4. The minimum absolute atomic E-state index is 0.0124. The summed E-state index contributed by atoms with van der Waals surface area (Å²) in [6.45, 7) is 1.54. The van der Waals surface area contributed by atoms with Crippen molar-refractivity contribution in [1.29, 1.82) is 5.41 Å². The van der Waals surface area contributed by atoms with E-state index in [1.54, 1.807) is 12.1 Å². The van der Waals surface area contributed by atoms with Gasteiger partial charge in [0.1, 0.15) is 11.6 Å². The molecule has 0 fully saturated rings. The van der Waals surface area contributed by atoms with Gasteiger partial charge in [-0.3, -0.25) is 10.4 Å². The molecule has 0 bridgehead atoms. The largest absolute Gasteiger partial charge is 0.507 e. The quantitative estimate of drug-likeness (QED) is 0.243. The minimum atomic E-state index is 0.0124. The van der Waals surface area contributed by atoms with E-state index in [2.05, 4.69) is 5.10 Å². The van der Waals surface area contributed by atoms with E-state index in [-0.39, 0.29) is 11.6 Å². The van der Waals surface area contributed by atoms with Gasteiger partial charge in [-0.1, -0.05) is 6.07 Å². The molecular formula is C9H13N5O. The lowest BCUT2D eigenvalue weighted by Crippen LogP contribution is -2.35. The maximum absolute atomic E-state index is 9.55. The van der Waals surface area contributed by atoms with E-state index in [0.717, 1.165) is 5.01 Å². The second-order valence-electron chi connectivity index (χ2n) is 2.94. The van der Waals surface area contributed by atoms with Crippen LogP contribution in [0.2, 0.25) is 0 Å². The number of anilines is 1. The van der Waals surface area contributed by atoms with Crippen LogP contribution < -0.4 is 16.7 Å². The molecular weight excluding hydrogens is 194 g/mol. The highest BCUT2D eigenvalue weighted by Crippen LogP contribution is 2.25. The molecule has 0 aliphatic heterocycles. The third kappa shape index (κ3) is 2.23. The Morgan fingerprint density at radius 3 is 2.80 bits per heavy atom. The maximum atomic E-state index is 9.55. The molecule has 80 valence electrons. The summed E-state index contributed by atoms with van der Waals surface area (Å²) in [5.74, 6) is 10.8. The summed E-state index contributed by atoms with van der Waals surface area (Å²) in [6.07, 6.45) is 1.29. The van der Waals surface area contributed by atoms with Gasteiger partial charge in [0.2, 0.25) is 0 Å². The van der Waals surface area contributed by atoms with Gasteiger partial charge in [0.15, 0.2) is 0 Å². The fourth-order valence-electron chi connectivity index (χ4n) is 1.14. The Balaban J connectivity index is 3.28. The van der Waals surface area contributed by atoms with Gasteiger partial charge in [-0.25, -0.2) is 5.84 Å². The highest BCUT2D eigenvalue weighted by molar-refractivity contribution is 6.00. The molecule has 0 amide bonds. The van der Waals surface area contributed by atoms with E-state index < -0.39 is 0 Å². The fraction of sp³-hybridized carbons (Fsp3) is 0.111. The average molecular weight is 207 g/mol. The van der Waals surface area contributed by atoms with Gasteiger partial charge >= 0.3 is 0 Å². The zero-order chi connectivity index (χ0) is 11.4. The van der Waals surface area contributed by atoms with Crippen molar-refractivity contribution >= 4 is 17.7 Å². The normalized spacial score (nSPS) is 10.5. The lowest BCUT2D eigenvalue weighted by Gasteiger charge is -2.19. The molecule has 0 heterocycles. The standard InChI is InChI=1S/C9H13N5O/c1-6(10)14(12)8-3-2-4-9(15)7(8)5-13-11/h2-5,10,15H,11-12H2,1H3. The first kappa shape index (κ1) is 11.0. The van der Waals surface area contributed by atoms with Crippen molar-refractivity contribution in [1.82, 2.24) is 0 Å². The molecule has 6 N–H and O–H groups in total. The first-order valence-corrected chi connectivity index (χ1v) is 4.23. The van der Waals surface area contributed by atoms with E-state index >= 15 is 0 Å². The highest BCUT2D eigenvalue weighted by atomic mass is 16.3. The van der Waals surface area contributed by atoms with Crippen molar-refractivity contribution in [2.75, 3.05) is 5.01 Å². The van der Waals surface area contributed by atoms with Crippen LogP contribution in [0, 0.1) is 5.41 Å². The summed E-state index contributed by atoms with van der Waals surface area (Å²) in [5.41, 5.74) is 0.853. The van der Waals surface area contributed by atoms with Gasteiger partial charge in [-0.05, 0) is 19.1 Å². The van der Waals surface area contributed by atoms with Crippen LogP contribution in [0.25, 0.3) is 0 Å². The van der Waals surface area contributed by atoms with Crippen molar-refractivity contribution < 1.29 is 5.11 Å². The second-order valence-corrected chi connectivity index (χ2v) is 2.94. The summed E-state index contributed by atoms with van der Waals surface area (Å²) in [7, 11) is 0. The number of nitrogens with zero attached hydrogens (tertiary/aromatic N) is 2. The van der Waals surface area contributed by atoms with Crippen LogP contribution in [0.15, 0.2) is 23.3 Å². The van der Waals surface area contributed by atoms with Crippen molar-refractivity contribution in [2.24, 2.45) is 16.8 Å². The number of rotatable bonds is 2. The maximum Gasteiger partial charge on any atom is 0.126 e. The Morgan fingerprint density at radius 1 is 1.60 bits per heavy atom. The van der Waals surface area contributed by atoms with Crippen molar-refractivity contribution in [3.63, 3.8) is 0 Å². The van der Waals surface area contributed by atoms with Gasteiger partial charge in [0.25, 0.3) is 0 Å². The molecule has 1 aromatic carbocycles. The summed E-state index contributed by atoms with van der Waals surface area (Å²) in [6, 6.07) is 4.78. The highest BCUT2D eigenvalue weighted by Gasteiger charge is 2.11. The number of phenolic OH excluding ortho intramolecular Hbond substituents is 1. The fourth-order valence-corrected chi connectivity index (χ4v) is 1.14. The minimum Gasteiger partial charge on any atom is -0.507 e. The molecule has 0 aliphatic rings. The van der Waals surface area contributed by atoms with E-state index in [4.69, 9.17) is 17.1 Å². The lowest BCUT2D eigenvalue weighted by molar-refractivity contribution is 0.474. The second kappa shape index (κ2) is 4.43. The zero-order valence-electron chi connectivity index (χ0n) is 8.31. The summed E-state index contributed by atoms with van der Waals surface area (Å²) in [5, 5.41) is 21.4. The molecule has 6 nitrogen and oxygen atoms in total. The topological polar surface area (TPSA) is 112 Å². The molecule has 0 aliphatic carbocycles. The zero-order valence-corrected chi connectivity index (χ0v) is 8.31. The number of phenols is 1. The Morgan fingerprint density at radius 2 is 2.27 bits per heavy atom. The van der Waals surface area contributed by atoms with Crippen LogP contribution in [-0.4, -0.2) is 17.2 Å². The van der Waals surface area contributed by atoms with Crippen molar-refractivity contribution in [3.05, 3.63) is 23.8 Å². The Hall–Kier alpha value is -2.08. The van der Waals surface area contributed by atoms with Gasteiger partial charge in [0, 0.05) is 0 Å². The van der Waals surface area contributed by atoms with Crippen LogP contribution in [-0.2, 0) is 0 Å². The van der Waals surface area contributed by atoms with E-state index in [1.165, 1.54) is 19.2 Å². The smallest absolute Gasteiger partial charge is 0.126 e. The third-order valence-electron chi connectivity index (χ3n) is 1.88. The summed E-state index contributed by atoms with van der Waals surface area (Å²) >= 11 is 0. The number of hydrazone groups is 1. The van der Waals surface area contributed by atoms with Gasteiger partial charge in [0.05, 0.1) is 17.5 Å². The molecule has 6 heteroatoms. The lowest BCUT2D eigenvalue weighted by atomic mass is 10.1. The molecule has 1 aromatic rings. The van der Waals surface area contributed by atoms with Gasteiger partial charge in [-0.15, -0.1) is 0 Å². The Labute approximate surface area is 87.3 Å². The molecule has 0 spiro atoms. The van der Waals surface area contributed by atoms with Gasteiger partial charge < -0.3 is 10.9 Å². The number of amidine groups is 1. The van der Waals surface area contributed by atoms with Crippen LogP contribution >= 0.6 is 0 Å². The molecule has 0 saturated heterocycles. The van der Waals surface area contributed by atoms with E-state index in [0.29, 0.717) is 11.3 Å². The number of benzene rings is 1. The van der Waals surface area contributed by atoms with Crippen LogP contribution in [0.4, 0.5) is 5.69 Å². The Bertz CT molecular complexity index is 401. The number of aromatic hydroxyl groups is 1. The van der Waals surface area contributed by atoms with Crippen LogP contribution in [0.1, 0.15) is 12.5 Å². The summed E-state index contributed by atoms with van der Waals surface area (Å²) in [4.78, 5) is 0. The summed E-state index contributed by atoms with van der Waals surface area (Å²) < 4.78 is 0. The number of hydrazine groups is 1. The van der Waals surface area contributed by atoms with Crippen molar-refractivity contribution in [3.8, 4) is 5.75 Å². The molecule has 0 unspecified atom stereocenters. The molecule has 15 heavy (non-hydrogen) atoms. The molecule has 0 radical (unpaired) electrons. The monoisotopic (exact) mass is 207 g/mol. The van der Waals surface area contributed by atoms with E-state index in [9.17, 15) is 5.11 Å². The first-order chi connectivity index (χ1) is 7.07.